The second-order valence-electron chi connectivity index (χ2n) is 7.25. The summed E-state index contributed by atoms with van der Waals surface area (Å²) < 4.78 is 24.5. The summed E-state index contributed by atoms with van der Waals surface area (Å²) in [6.07, 6.45) is 2.97. The number of hydrogen-bond acceptors (Lipinski definition) is 6. The van der Waals surface area contributed by atoms with Crippen LogP contribution in [0.1, 0.15) is 48.3 Å². The minimum Gasteiger partial charge on any atom is -0.495 e. The Labute approximate surface area is 195 Å². The largest absolute Gasteiger partial charge is 0.495 e. The zero-order valence-electron chi connectivity index (χ0n) is 18.3. The lowest BCUT2D eigenvalue weighted by molar-refractivity contribution is -0.116. The number of hydrogen-bond donors (Lipinski definition) is 2. The second kappa shape index (κ2) is 11.4. The van der Waals surface area contributed by atoms with Gasteiger partial charge in [-0.15, -0.1) is 0 Å². The molecule has 33 heavy (non-hydrogen) atoms. The SMILES string of the molecule is CCCc1noc(CCCC(=O)Nc2ccc(OC)c(NC(=O)c3ccc(Cl)cc3F)c2)n1. The van der Waals surface area contributed by atoms with Crippen LogP contribution in [-0.2, 0) is 17.6 Å². The summed E-state index contributed by atoms with van der Waals surface area (Å²) in [7, 11) is 1.44. The van der Waals surface area contributed by atoms with Gasteiger partial charge in [-0.25, -0.2) is 4.39 Å². The third-order valence-corrected chi connectivity index (χ3v) is 4.92. The van der Waals surface area contributed by atoms with Gasteiger partial charge in [-0.3, -0.25) is 9.59 Å². The van der Waals surface area contributed by atoms with Crippen LogP contribution in [0.4, 0.5) is 15.8 Å². The van der Waals surface area contributed by atoms with Crippen LogP contribution < -0.4 is 15.4 Å². The maximum absolute atomic E-state index is 14.1. The number of ether oxygens (including phenoxy) is 1. The maximum Gasteiger partial charge on any atom is 0.258 e. The van der Waals surface area contributed by atoms with Crippen LogP contribution in [0.2, 0.25) is 5.02 Å². The van der Waals surface area contributed by atoms with Crippen LogP contribution >= 0.6 is 11.6 Å². The molecule has 3 rings (SSSR count). The highest BCUT2D eigenvalue weighted by molar-refractivity contribution is 6.30. The first-order valence-corrected chi connectivity index (χ1v) is 10.8. The summed E-state index contributed by atoms with van der Waals surface area (Å²) in [5, 5.41) is 9.45. The van der Waals surface area contributed by atoms with Gasteiger partial charge in [0.15, 0.2) is 5.82 Å². The van der Waals surface area contributed by atoms with Crippen molar-refractivity contribution in [2.24, 2.45) is 0 Å². The van der Waals surface area contributed by atoms with Gasteiger partial charge in [0.2, 0.25) is 11.8 Å². The molecule has 0 aliphatic carbocycles. The Balaban J connectivity index is 1.59. The van der Waals surface area contributed by atoms with Gasteiger partial charge >= 0.3 is 0 Å². The summed E-state index contributed by atoms with van der Waals surface area (Å²) in [5.41, 5.74) is 0.568. The summed E-state index contributed by atoms with van der Waals surface area (Å²) in [4.78, 5) is 29.1. The molecule has 0 bridgehead atoms. The first-order chi connectivity index (χ1) is 15.9. The van der Waals surface area contributed by atoms with Gasteiger partial charge in [0.1, 0.15) is 11.6 Å². The van der Waals surface area contributed by atoms with Crippen molar-refractivity contribution in [3.8, 4) is 5.75 Å². The van der Waals surface area contributed by atoms with E-state index in [0.717, 1.165) is 18.9 Å². The first-order valence-electron chi connectivity index (χ1n) is 10.4. The monoisotopic (exact) mass is 474 g/mol. The van der Waals surface area contributed by atoms with E-state index in [1.807, 2.05) is 6.92 Å². The van der Waals surface area contributed by atoms with E-state index in [-0.39, 0.29) is 28.6 Å². The normalized spacial score (nSPS) is 10.7. The lowest BCUT2D eigenvalue weighted by Gasteiger charge is -2.13. The topological polar surface area (TPSA) is 106 Å². The van der Waals surface area contributed by atoms with E-state index in [2.05, 4.69) is 20.8 Å². The summed E-state index contributed by atoms with van der Waals surface area (Å²) >= 11 is 5.74. The molecular weight excluding hydrogens is 451 g/mol. The number of aryl methyl sites for hydroxylation is 2. The number of nitrogens with one attached hydrogen (secondary N) is 2. The predicted molar refractivity (Wildman–Crippen MR) is 122 cm³/mol. The number of benzene rings is 2. The Kier molecular flexibility index (Phi) is 8.37. The molecule has 1 aromatic heterocycles. The van der Waals surface area contributed by atoms with Gasteiger partial charge in [-0.05, 0) is 49.2 Å². The molecule has 2 N–H and O–H groups in total. The van der Waals surface area contributed by atoms with Crippen LogP contribution in [0.25, 0.3) is 0 Å². The highest BCUT2D eigenvalue weighted by Crippen LogP contribution is 2.29. The van der Waals surface area contributed by atoms with E-state index in [9.17, 15) is 14.0 Å². The first kappa shape index (κ1) is 24.2. The number of anilines is 2. The Morgan fingerprint density at radius 2 is 1.97 bits per heavy atom. The van der Waals surface area contributed by atoms with Gasteiger partial charge in [0.05, 0.1) is 18.4 Å². The highest BCUT2D eigenvalue weighted by Gasteiger charge is 2.15. The van der Waals surface area contributed by atoms with Crippen LogP contribution in [0, 0.1) is 5.82 Å². The summed E-state index contributed by atoms with van der Waals surface area (Å²) in [5.74, 6) is -0.0951. The number of carbonyl (C=O) groups excluding carboxylic acids is 2. The molecule has 2 aromatic carbocycles. The molecule has 8 nitrogen and oxygen atoms in total. The van der Waals surface area contributed by atoms with Crippen molar-refractivity contribution in [3.05, 3.63) is 64.5 Å². The Hall–Kier alpha value is -3.46. The molecule has 2 amide bonds. The van der Waals surface area contributed by atoms with Gasteiger partial charge in [0.25, 0.3) is 5.91 Å². The second-order valence-corrected chi connectivity index (χ2v) is 7.69. The number of carbonyl (C=O) groups is 2. The molecule has 0 saturated heterocycles. The van der Waals surface area contributed by atoms with Crippen molar-refractivity contribution in [3.63, 3.8) is 0 Å². The third-order valence-electron chi connectivity index (χ3n) is 4.69. The number of nitrogens with zero attached hydrogens (tertiary/aromatic N) is 2. The summed E-state index contributed by atoms with van der Waals surface area (Å²) in [6, 6.07) is 8.55. The molecule has 3 aromatic rings. The zero-order chi connectivity index (χ0) is 23.8. The average Bonchev–Trinajstić information content (AvgIpc) is 3.21. The predicted octanol–water partition coefficient (Wildman–Crippen LogP) is 5.04. The highest BCUT2D eigenvalue weighted by atomic mass is 35.5. The van der Waals surface area contributed by atoms with Gasteiger partial charge in [0, 0.05) is 30.0 Å². The molecule has 174 valence electrons. The molecule has 0 radical (unpaired) electrons. The van der Waals surface area contributed by atoms with Crippen molar-refractivity contribution >= 4 is 34.8 Å². The molecule has 0 aliphatic rings. The standard InChI is InChI=1S/C23H24ClFN4O4/c1-3-5-20-28-22(33-29-20)7-4-6-21(30)26-15-9-11-19(32-2)18(13-15)27-23(31)16-10-8-14(24)12-17(16)25/h8-13H,3-7H2,1-2H3,(H,26,30)(H,27,31). The molecule has 0 spiro atoms. The van der Waals surface area contributed by atoms with Gasteiger partial charge in [-0.2, -0.15) is 4.98 Å². The molecule has 0 unspecified atom stereocenters. The van der Waals surface area contributed by atoms with Crippen LogP contribution in [0.3, 0.4) is 0 Å². The van der Waals surface area contributed by atoms with Crippen molar-refractivity contribution in [2.45, 2.75) is 39.0 Å². The number of aromatic nitrogens is 2. The quantitative estimate of drug-likeness (QED) is 0.426. The van der Waals surface area contributed by atoms with E-state index in [1.54, 1.807) is 12.1 Å². The van der Waals surface area contributed by atoms with Crippen molar-refractivity contribution in [1.29, 1.82) is 0 Å². The number of halogens is 2. The lowest BCUT2D eigenvalue weighted by Crippen LogP contribution is -2.15. The fraction of sp³-hybridized carbons (Fsp3) is 0.304. The van der Waals surface area contributed by atoms with E-state index in [4.69, 9.17) is 20.9 Å². The molecule has 10 heteroatoms. The number of amides is 2. The van der Waals surface area contributed by atoms with E-state index >= 15 is 0 Å². The van der Waals surface area contributed by atoms with Gasteiger partial charge in [-0.1, -0.05) is 23.7 Å². The molecular formula is C23H24ClFN4O4. The van der Waals surface area contributed by atoms with E-state index < -0.39 is 11.7 Å². The minimum absolute atomic E-state index is 0.168. The van der Waals surface area contributed by atoms with Crippen molar-refractivity contribution in [1.82, 2.24) is 10.1 Å². The van der Waals surface area contributed by atoms with Crippen LogP contribution in [0.5, 0.6) is 5.75 Å². The zero-order valence-corrected chi connectivity index (χ0v) is 19.0. The summed E-state index contributed by atoms with van der Waals surface area (Å²) in [6.45, 7) is 2.03. The fourth-order valence-corrected chi connectivity index (χ4v) is 3.25. The van der Waals surface area contributed by atoms with Crippen LogP contribution in [0.15, 0.2) is 40.9 Å². The minimum atomic E-state index is -0.744. The Morgan fingerprint density at radius 3 is 2.70 bits per heavy atom. The number of methoxy groups -OCH3 is 1. The van der Waals surface area contributed by atoms with Crippen LogP contribution in [-0.4, -0.2) is 29.1 Å². The molecule has 0 fully saturated rings. The van der Waals surface area contributed by atoms with Gasteiger partial charge < -0.3 is 19.9 Å². The Bertz CT molecular complexity index is 1140. The number of rotatable bonds is 10. The molecule has 0 saturated carbocycles. The Morgan fingerprint density at radius 1 is 1.15 bits per heavy atom. The fourth-order valence-electron chi connectivity index (χ4n) is 3.09. The van der Waals surface area contributed by atoms with E-state index in [0.29, 0.717) is 36.0 Å². The molecule has 1 heterocycles. The van der Waals surface area contributed by atoms with E-state index in [1.165, 1.54) is 25.3 Å². The lowest BCUT2D eigenvalue weighted by atomic mass is 10.1. The van der Waals surface area contributed by atoms with Crippen molar-refractivity contribution in [2.75, 3.05) is 17.7 Å². The molecule has 0 aliphatic heterocycles. The third kappa shape index (κ3) is 6.76. The van der Waals surface area contributed by atoms with Crippen molar-refractivity contribution < 1.29 is 23.2 Å². The average molecular weight is 475 g/mol. The maximum atomic E-state index is 14.1. The molecule has 0 atom stereocenters. The smallest absolute Gasteiger partial charge is 0.258 e.